The van der Waals surface area contributed by atoms with Gasteiger partial charge in [-0.05, 0) is 36.8 Å². The van der Waals surface area contributed by atoms with Gasteiger partial charge < -0.3 is 0 Å². The van der Waals surface area contributed by atoms with Crippen LogP contribution in [0.25, 0.3) is 27.5 Å². The van der Waals surface area contributed by atoms with Crippen LogP contribution in [0.4, 0.5) is 0 Å². The normalized spacial score (nSPS) is 11.4. The minimum atomic E-state index is -0.161. The SMILES string of the molecule is Cc1cccc(-n2[nH]c3c(cnc4cc(Cl)cc(Cl)c43)c2=O)c1. The van der Waals surface area contributed by atoms with Crippen LogP contribution in [0.5, 0.6) is 0 Å². The molecule has 23 heavy (non-hydrogen) atoms. The highest BCUT2D eigenvalue weighted by atomic mass is 35.5. The minimum absolute atomic E-state index is 0.161. The van der Waals surface area contributed by atoms with E-state index in [1.807, 2.05) is 31.2 Å². The number of rotatable bonds is 1. The summed E-state index contributed by atoms with van der Waals surface area (Å²) in [5.41, 5.74) is 2.98. The van der Waals surface area contributed by atoms with Crippen molar-refractivity contribution < 1.29 is 0 Å². The lowest BCUT2D eigenvalue weighted by molar-refractivity contribution is 0.863. The quantitative estimate of drug-likeness (QED) is 0.553. The highest BCUT2D eigenvalue weighted by Crippen LogP contribution is 2.31. The number of aromatic amines is 1. The van der Waals surface area contributed by atoms with Crippen LogP contribution in [-0.4, -0.2) is 14.8 Å². The van der Waals surface area contributed by atoms with Gasteiger partial charge in [0.1, 0.15) is 0 Å². The van der Waals surface area contributed by atoms with E-state index < -0.39 is 0 Å². The van der Waals surface area contributed by atoms with E-state index in [-0.39, 0.29) is 5.56 Å². The molecule has 0 fully saturated rings. The molecule has 4 rings (SSSR count). The maximum atomic E-state index is 12.7. The molecular weight excluding hydrogens is 333 g/mol. The standard InChI is InChI=1S/C17H11Cl2N3O/c1-9-3-2-4-11(5-9)22-17(23)12-8-20-14-7-10(18)6-13(19)15(14)16(12)21-22/h2-8,21H,1H3. The maximum absolute atomic E-state index is 12.7. The minimum Gasteiger partial charge on any atom is -0.289 e. The second-order valence-electron chi connectivity index (χ2n) is 5.42. The second kappa shape index (κ2) is 5.11. The van der Waals surface area contributed by atoms with Crippen LogP contribution in [0.3, 0.4) is 0 Å². The highest BCUT2D eigenvalue weighted by molar-refractivity contribution is 6.40. The largest absolute Gasteiger partial charge is 0.289 e. The average molecular weight is 344 g/mol. The van der Waals surface area contributed by atoms with Crippen molar-refractivity contribution in [3.63, 3.8) is 0 Å². The van der Waals surface area contributed by atoms with Gasteiger partial charge in [0.2, 0.25) is 0 Å². The zero-order valence-corrected chi connectivity index (χ0v) is 13.6. The van der Waals surface area contributed by atoms with Crippen molar-refractivity contribution in [1.29, 1.82) is 0 Å². The number of H-pyrrole nitrogens is 1. The molecule has 6 heteroatoms. The van der Waals surface area contributed by atoms with E-state index in [0.29, 0.717) is 31.9 Å². The molecule has 0 unspecified atom stereocenters. The summed E-state index contributed by atoms with van der Waals surface area (Å²) in [5.74, 6) is 0. The van der Waals surface area contributed by atoms with Gasteiger partial charge in [0, 0.05) is 16.6 Å². The Kier molecular flexibility index (Phi) is 3.18. The Morgan fingerprint density at radius 2 is 2.00 bits per heavy atom. The number of hydrogen-bond acceptors (Lipinski definition) is 2. The van der Waals surface area contributed by atoms with Crippen LogP contribution in [0.2, 0.25) is 10.0 Å². The van der Waals surface area contributed by atoms with Crippen LogP contribution < -0.4 is 5.56 Å². The van der Waals surface area contributed by atoms with Gasteiger partial charge in [-0.2, -0.15) is 0 Å². The first-order valence-electron chi connectivity index (χ1n) is 7.00. The lowest BCUT2D eigenvalue weighted by Crippen LogP contribution is -2.14. The molecule has 0 aliphatic heterocycles. The molecule has 0 aliphatic carbocycles. The number of nitrogens with zero attached hydrogens (tertiary/aromatic N) is 2. The zero-order valence-electron chi connectivity index (χ0n) is 12.1. The Hall–Kier alpha value is -2.30. The van der Waals surface area contributed by atoms with Crippen LogP contribution in [0, 0.1) is 6.92 Å². The van der Waals surface area contributed by atoms with Crippen LogP contribution in [-0.2, 0) is 0 Å². The molecular formula is C17H11Cl2N3O. The molecule has 4 nitrogen and oxygen atoms in total. The number of aromatic nitrogens is 3. The summed E-state index contributed by atoms with van der Waals surface area (Å²) in [7, 11) is 0. The molecule has 0 spiro atoms. The van der Waals surface area contributed by atoms with Crippen LogP contribution >= 0.6 is 23.2 Å². The smallest absolute Gasteiger partial charge is 0.280 e. The molecule has 0 bridgehead atoms. The number of fused-ring (bicyclic) bond motifs is 3. The summed E-state index contributed by atoms with van der Waals surface area (Å²) >= 11 is 12.3. The average Bonchev–Trinajstić information content (AvgIpc) is 2.84. The number of pyridine rings is 1. The van der Waals surface area contributed by atoms with Gasteiger partial charge in [-0.1, -0.05) is 35.3 Å². The van der Waals surface area contributed by atoms with Crippen molar-refractivity contribution in [2.75, 3.05) is 0 Å². The monoisotopic (exact) mass is 343 g/mol. The fourth-order valence-electron chi connectivity index (χ4n) is 2.75. The van der Waals surface area contributed by atoms with Crippen molar-refractivity contribution in [2.45, 2.75) is 6.92 Å². The van der Waals surface area contributed by atoms with E-state index in [0.717, 1.165) is 11.3 Å². The van der Waals surface area contributed by atoms with Crippen molar-refractivity contribution >= 4 is 45.0 Å². The van der Waals surface area contributed by atoms with Gasteiger partial charge in [-0.15, -0.1) is 0 Å². The third-order valence-corrected chi connectivity index (χ3v) is 4.32. The Labute approximate surface area is 141 Å². The fourth-order valence-corrected chi connectivity index (χ4v) is 3.33. The first-order chi connectivity index (χ1) is 11.0. The summed E-state index contributed by atoms with van der Waals surface area (Å²) in [5, 5.41) is 5.30. The van der Waals surface area contributed by atoms with Crippen LogP contribution in [0.15, 0.2) is 47.4 Å². The van der Waals surface area contributed by atoms with Gasteiger partial charge in [0.05, 0.1) is 27.1 Å². The molecule has 2 heterocycles. The topological polar surface area (TPSA) is 50.7 Å². The van der Waals surface area contributed by atoms with E-state index in [1.165, 1.54) is 4.68 Å². The zero-order chi connectivity index (χ0) is 16.1. The Morgan fingerprint density at radius 3 is 2.78 bits per heavy atom. The lowest BCUT2D eigenvalue weighted by atomic mass is 10.2. The molecule has 0 atom stereocenters. The summed E-state index contributed by atoms with van der Waals surface area (Å²) in [4.78, 5) is 17.0. The molecule has 0 aliphatic rings. The summed E-state index contributed by atoms with van der Waals surface area (Å²) in [6.45, 7) is 1.98. The van der Waals surface area contributed by atoms with E-state index in [1.54, 1.807) is 18.3 Å². The second-order valence-corrected chi connectivity index (χ2v) is 6.26. The highest BCUT2D eigenvalue weighted by Gasteiger charge is 2.14. The van der Waals surface area contributed by atoms with E-state index in [4.69, 9.17) is 23.2 Å². The van der Waals surface area contributed by atoms with Gasteiger partial charge in [0.15, 0.2) is 0 Å². The molecule has 1 N–H and O–H groups in total. The number of benzene rings is 2. The molecule has 0 saturated heterocycles. The summed E-state index contributed by atoms with van der Waals surface area (Å²) in [6.07, 6.45) is 1.55. The van der Waals surface area contributed by atoms with Crippen molar-refractivity contribution in [3.8, 4) is 5.69 Å². The number of hydrogen-bond donors (Lipinski definition) is 1. The first-order valence-corrected chi connectivity index (χ1v) is 7.76. The fraction of sp³-hybridized carbons (Fsp3) is 0.0588. The van der Waals surface area contributed by atoms with Gasteiger partial charge in [-0.25, -0.2) is 4.68 Å². The Balaban J connectivity index is 2.12. The maximum Gasteiger partial charge on any atom is 0.280 e. The number of aryl methyl sites for hydroxylation is 1. The number of halogens is 2. The summed E-state index contributed by atoms with van der Waals surface area (Å²) in [6, 6.07) is 11.1. The molecule has 0 saturated carbocycles. The first kappa shape index (κ1) is 14.3. The Morgan fingerprint density at radius 1 is 1.17 bits per heavy atom. The lowest BCUT2D eigenvalue weighted by Gasteiger charge is -2.03. The van der Waals surface area contributed by atoms with Gasteiger partial charge in [-0.3, -0.25) is 14.9 Å². The van der Waals surface area contributed by atoms with Crippen molar-refractivity contribution in [1.82, 2.24) is 14.8 Å². The van der Waals surface area contributed by atoms with Crippen LogP contribution in [0.1, 0.15) is 5.56 Å². The van der Waals surface area contributed by atoms with E-state index in [9.17, 15) is 4.79 Å². The third-order valence-electron chi connectivity index (χ3n) is 3.80. The molecule has 2 aromatic carbocycles. The van der Waals surface area contributed by atoms with Crippen molar-refractivity contribution in [2.24, 2.45) is 0 Å². The third kappa shape index (κ3) is 2.22. The predicted molar refractivity (Wildman–Crippen MR) is 94.0 cm³/mol. The Bertz CT molecular complexity index is 1130. The molecule has 4 aromatic rings. The molecule has 0 radical (unpaired) electrons. The number of nitrogens with one attached hydrogen (secondary N) is 1. The molecule has 0 amide bonds. The van der Waals surface area contributed by atoms with Gasteiger partial charge in [0.25, 0.3) is 5.56 Å². The van der Waals surface area contributed by atoms with Crippen molar-refractivity contribution in [3.05, 3.63) is 68.6 Å². The predicted octanol–water partition coefficient (Wildman–Crippen LogP) is 4.48. The van der Waals surface area contributed by atoms with Gasteiger partial charge >= 0.3 is 0 Å². The van der Waals surface area contributed by atoms with E-state index in [2.05, 4.69) is 10.1 Å². The van der Waals surface area contributed by atoms with E-state index >= 15 is 0 Å². The summed E-state index contributed by atoms with van der Waals surface area (Å²) < 4.78 is 1.50. The molecule has 114 valence electrons. The molecule has 2 aromatic heterocycles.